The molecule has 8 nitrogen and oxygen atoms in total. The number of aryl methyl sites for hydroxylation is 1. The molecule has 37 heavy (non-hydrogen) atoms. The van der Waals surface area contributed by atoms with Crippen LogP contribution in [0.2, 0.25) is 0 Å². The predicted molar refractivity (Wildman–Crippen MR) is 115 cm³/mol. The number of alkyl halides is 6. The van der Waals surface area contributed by atoms with Crippen LogP contribution in [0.1, 0.15) is 22.0 Å². The average Bonchev–Trinajstić information content (AvgIpc) is 3.33. The number of rotatable bonds is 6. The fraction of sp³-hybridized carbons (Fsp3) is 0.300. The maximum Gasteiger partial charge on any atom is 0.490 e. The van der Waals surface area contributed by atoms with Gasteiger partial charge in [-0.3, -0.25) is 9.55 Å². The fourth-order valence-electron chi connectivity index (χ4n) is 2.73. The third-order valence-electron chi connectivity index (χ3n) is 4.63. The first-order valence-electron chi connectivity index (χ1n) is 9.84. The van der Waals surface area contributed by atoms with Gasteiger partial charge >= 0.3 is 24.0 Å². The number of aromatic amines is 1. The maximum absolute atomic E-state index is 12.9. The lowest BCUT2D eigenvalue weighted by Crippen LogP contribution is -2.21. The van der Waals surface area contributed by atoms with E-state index in [1.165, 1.54) is 22.0 Å². The minimum atomic E-state index is -5.08. The number of H-pyrrole nitrogens is 1. The van der Waals surface area contributed by atoms with Crippen molar-refractivity contribution in [2.45, 2.75) is 32.2 Å². The number of halogens is 8. The number of aliphatic carboxylic acids is 1. The van der Waals surface area contributed by atoms with E-state index in [4.69, 9.17) is 15.6 Å². The van der Waals surface area contributed by atoms with Crippen molar-refractivity contribution in [3.8, 4) is 10.4 Å². The number of hydrogen-bond acceptors (Lipinski definition) is 6. The Hall–Kier alpha value is -3.60. The van der Waals surface area contributed by atoms with Crippen molar-refractivity contribution >= 4 is 17.3 Å². The molecule has 0 bridgehead atoms. The van der Waals surface area contributed by atoms with Gasteiger partial charge in [-0.25, -0.2) is 14.7 Å². The number of carbonyl (C=O) groups is 1. The van der Waals surface area contributed by atoms with Gasteiger partial charge in [0.05, 0.1) is 6.54 Å². The molecule has 0 aliphatic heterocycles. The molecular weight excluding hydrogens is 542 g/mol. The summed E-state index contributed by atoms with van der Waals surface area (Å²) in [6.07, 6.45) is -10.7. The van der Waals surface area contributed by atoms with Crippen LogP contribution in [0, 0.1) is 6.92 Å². The van der Waals surface area contributed by atoms with E-state index in [2.05, 4.69) is 15.2 Å². The van der Waals surface area contributed by atoms with E-state index in [0.29, 0.717) is 10.4 Å². The van der Waals surface area contributed by atoms with E-state index in [1.807, 2.05) is 0 Å². The summed E-state index contributed by atoms with van der Waals surface area (Å²) in [6.45, 7) is 1.48. The van der Waals surface area contributed by atoms with Crippen molar-refractivity contribution in [1.82, 2.24) is 19.7 Å². The molecule has 0 aromatic carbocycles. The molecule has 3 aromatic rings. The number of hydrogen-bond donors (Lipinski definition) is 3. The molecule has 0 spiro atoms. The molecule has 0 amide bonds. The first-order valence-corrected chi connectivity index (χ1v) is 10.7. The van der Waals surface area contributed by atoms with Crippen LogP contribution in [-0.4, -0.2) is 43.5 Å². The van der Waals surface area contributed by atoms with E-state index in [1.54, 1.807) is 13.0 Å². The molecule has 0 atom stereocenters. The van der Waals surface area contributed by atoms with Crippen LogP contribution in [0.3, 0.4) is 0 Å². The first-order chi connectivity index (χ1) is 17.0. The third-order valence-corrected chi connectivity index (χ3v) is 5.90. The molecular formula is C20H17F8N5O3S. The highest BCUT2D eigenvalue weighted by molar-refractivity contribution is 7.15. The Morgan fingerprint density at radius 1 is 1.19 bits per heavy atom. The Kier molecular flexibility index (Phi) is 9.32. The van der Waals surface area contributed by atoms with Crippen LogP contribution < -0.4 is 11.4 Å². The molecule has 4 N–H and O–H groups in total. The zero-order valence-corrected chi connectivity index (χ0v) is 19.4. The summed E-state index contributed by atoms with van der Waals surface area (Å²) in [5.41, 5.74) is 4.73. The van der Waals surface area contributed by atoms with Gasteiger partial charge < -0.3 is 10.8 Å². The second-order valence-electron chi connectivity index (χ2n) is 7.23. The third kappa shape index (κ3) is 7.94. The zero-order valence-electron chi connectivity index (χ0n) is 18.5. The minimum absolute atomic E-state index is 0.0704. The summed E-state index contributed by atoms with van der Waals surface area (Å²) in [4.78, 5) is 25.8. The van der Waals surface area contributed by atoms with E-state index < -0.39 is 35.8 Å². The van der Waals surface area contributed by atoms with E-state index in [-0.39, 0.29) is 30.9 Å². The molecule has 0 aliphatic rings. The summed E-state index contributed by atoms with van der Waals surface area (Å²) in [5, 5.41) is 13.2. The van der Waals surface area contributed by atoms with E-state index in [9.17, 15) is 39.9 Å². The van der Waals surface area contributed by atoms with Gasteiger partial charge in [0.1, 0.15) is 11.5 Å². The Balaban J connectivity index is 0.000000604. The maximum atomic E-state index is 12.9. The number of pyridine rings is 1. The van der Waals surface area contributed by atoms with Gasteiger partial charge in [-0.2, -0.15) is 40.2 Å². The quantitative estimate of drug-likeness (QED) is 0.386. The normalized spacial score (nSPS) is 11.6. The fourth-order valence-corrected chi connectivity index (χ4v) is 3.88. The van der Waals surface area contributed by atoms with E-state index in [0.717, 1.165) is 22.7 Å². The van der Waals surface area contributed by atoms with E-state index >= 15 is 0 Å². The van der Waals surface area contributed by atoms with Gasteiger partial charge in [0.25, 0.3) is 6.08 Å². The van der Waals surface area contributed by atoms with Gasteiger partial charge in [-0.05, 0) is 30.7 Å². The molecule has 0 aliphatic carbocycles. The summed E-state index contributed by atoms with van der Waals surface area (Å²) < 4.78 is 96.8. The van der Waals surface area contributed by atoms with Crippen LogP contribution >= 0.6 is 11.3 Å². The summed E-state index contributed by atoms with van der Waals surface area (Å²) in [7, 11) is 0. The second kappa shape index (κ2) is 11.6. The molecule has 0 fully saturated rings. The van der Waals surface area contributed by atoms with Gasteiger partial charge in [-0.1, -0.05) is 0 Å². The van der Waals surface area contributed by atoms with Crippen molar-refractivity contribution in [2.75, 3.05) is 6.54 Å². The van der Waals surface area contributed by atoms with Gasteiger partial charge in [0.2, 0.25) is 0 Å². The molecule has 17 heteroatoms. The minimum Gasteiger partial charge on any atom is -0.475 e. The van der Waals surface area contributed by atoms with Crippen molar-refractivity contribution in [1.29, 1.82) is 0 Å². The standard InChI is InChI=1S/C18H16F5N5OS.C2HF3O2/c1-9-4-12(10-2-3-14(25-7-10)18(21,22)23)30-13(9)8-28-15(26-27-17(28)29)5-11(6-24)16(19)20;3-2(4,5)1(6)7/h2-4,7H,5-6,8,24H2,1H3,(H,27,29);(H,6,7). The van der Waals surface area contributed by atoms with Crippen LogP contribution in [-0.2, 0) is 23.9 Å². The smallest absolute Gasteiger partial charge is 0.475 e. The lowest BCUT2D eigenvalue weighted by molar-refractivity contribution is -0.192. The molecule has 3 heterocycles. The Labute approximate surface area is 206 Å². The number of carboxylic acids is 1. The van der Waals surface area contributed by atoms with Crippen molar-refractivity contribution in [3.63, 3.8) is 0 Å². The van der Waals surface area contributed by atoms with Crippen molar-refractivity contribution < 1.29 is 45.0 Å². The largest absolute Gasteiger partial charge is 0.490 e. The topological polar surface area (TPSA) is 127 Å². The molecule has 0 radical (unpaired) electrons. The lowest BCUT2D eigenvalue weighted by Gasteiger charge is -2.07. The van der Waals surface area contributed by atoms with Crippen LogP contribution in [0.15, 0.2) is 40.8 Å². The van der Waals surface area contributed by atoms with Gasteiger partial charge in [0, 0.05) is 40.1 Å². The summed E-state index contributed by atoms with van der Waals surface area (Å²) >= 11 is 1.27. The monoisotopic (exact) mass is 559 g/mol. The molecule has 3 aromatic heterocycles. The molecule has 0 unspecified atom stereocenters. The van der Waals surface area contributed by atoms with Crippen molar-refractivity contribution in [2.24, 2.45) is 5.73 Å². The zero-order chi connectivity index (χ0) is 28.1. The number of nitrogens with two attached hydrogens (primary N) is 1. The SMILES string of the molecule is Cc1cc(-c2ccc(C(F)(F)F)nc2)sc1Cn1c(CC(CN)=C(F)F)n[nH]c1=O.O=C(O)C(F)(F)F. The molecule has 0 saturated carbocycles. The molecule has 0 saturated heterocycles. The Bertz CT molecular complexity index is 1320. The molecule has 3 rings (SSSR count). The van der Waals surface area contributed by atoms with Crippen LogP contribution in [0.25, 0.3) is 10.4 Å². The van der Waals surface area contributed by atoms with Gasteiger partial charge in [-0.15, -0.1) is 11.3 Å². The number of carboxylic acid groups (broad SMARTS) is 1. The number of thiophene rings is 1. The Morgan fingerprint density at radius 2 is 1.81 bits per heavy atom. The lowest BCUT2D eigenvalue weighted by atomic mass is 10.2. The first kappa shape index (κ1) is 29.6. The number of nitrogens with one attached hydrogen (secondary N) is 1. The number of aromatic nitrogens is 4. The second-order valence-corrected chi connectivity index (χ2v) is 8.36. The summed E-state index contributed by atoms with van der Waals surface area (Å²) in [5.74, 6) is -2.65. The predicted octanol–water partition coefficient (Wildman–Crippen LogP) is 4.36. The molecule has 202 valence electrons. The highest BCUT2D eigenvalue weighted by atomic mass is 32.1. The Morgan fingerprint density at radius 3 is 2.27 bits per heavy atom. The van der Waals surface area contributed by atoms with Gasteiger partial charge in [0.15, 0.2) is 0 Å². The average molecular weight is 559 g/mol. The van der Waals surface area contributed by atoms with Crippen molar-refractivity contribution in [3.05, 3.63) is 68.5 Å². The highest BCUT2D eigenvalue weighted by Gasteiger charge is 2.38. The summed E-state index contributed by atoms with van der Waals surface area (Å²) in [6, 6.07) is 3.99. The number of nitrogens with zero attached hydrogens (tertiary/aromatic N) is 3. The highest BCUT2D eigenvalue weighted by Crippen LogP contribution is 2.33. The van der Waals surface area contributed by atoms with Crippen LogP contribution in [0.4, 0.5) is 35.1 Å². The van der Waals surface area contributed by atoms with Crippen LogP contribution in [0.5, 0.6) is 0 Å².